The minimum atomic E-state index is -0.933. The molecule has 20 heavy (non-hydrogen) atoms. The van der Waals surface area contributed by atoms with Crippen LogP contribution in [0.3, 0.4) is 0 Å². The van der Waals surface area contributed by atoms with E-state index in [2.05, 4.69) is 15.9 Å². The Hall–Kier alpha value is -1.56. The van der Waals surface area contributed by atoms with Crippen LogP contribution in [0.15, 0.2) is 22.0 Å². The number of hydrogen-bond acceptors (Lipinski definition) is 4. The van der Waals surface area contributed by atoms with Crippen molar-refractivity contribution in [2.24, 2.45) is 16.3 Å². The smallest absolute Gasteiger partial charge is 0.234 e. The lowest BCUT2D eigenvalue weighted by atomic mass is 9.80. The zero-order valence-electron chi connectivity index (χ0n) is 12.2. The molecule has 1 heterocycles. The van der Waals surface area contributed by atoms with Gasteiger partial charge in [0.15, 0.2) is 5.84 Å². The number of nitrogens with one attached hydrogen (secondary N) is 1. The molecule has 0 fully saturated rings. The number of nitrogens with zero attached hydrogens (tertiary/aromatic N) is 1. The Kier molecular flexibility index (Phi) is 6.01. The van der Waals surface area contributed by atoms with Gasteiger partial charge in [-0.1, -0.05) is 19.0 Å². The summed E-state index contributed by atoms with van der Waals surface area (Å²) < 4.78 is 0. The number of carbonyl (C=O) groups excluding carboxylic acids is 1. The van der Waals surface area contributed by atoms with Crippen molar-refractivity contribution in [2.75, 3.05) is 0 Å². The number of carbonyl (C=O) groups is 1. The van der Waals surface area contributed by atoms with Gasteiger partial charge in [0.2, 0.25) is 5.91 Å². The highest BCUT2D eigenvalue weighted by Gasteiger charge is 2.40. The fourth-order valence-corrected chi connectivity index (χ4v) is 3.00. The summed E-state index contributed by atoms with van der Waals surface area (Å²) in [6.07, 6.45) is 1.77. The molecule has 1 rings (SSSR count). The molecule has 1 aromatic rings. The monoisotopic (exact) mass is 297 g/mol. The number of oxime groups is 1. The van der Waals surface area contributed by atoms with Crippen molar-refractivity contribution in [3.63, 3.8) is 0 Å². The zero-order valence-corrected chi connectivity index (χ0v) is 13.0. The first kappa shape index (κ1) is 16.5. The van der Waals surface area contributed by atoms with Gasteiger partial charge in [-0.3, -0.25) is 4.79 Å². The molecular weight excluding hydrogens is 274 g/mol. The zero-order chi connectivity index (χ0) is 15.2. The number of hydrogen-bond donors (Lipinski definition) is 3. The lowest BCUT2D eigenvalue weighted by molar-refractivity contribution is -0.128. The molecule has 6 heteroatoms. The second kappa shape index (κ2) is 7.28. The van der Waals surface area contributed by atoms with Crippen LogP contribution >= 0.6 is 11.3 Å². The summed E-state index contributed by atoms with van der Waals surface area (Å²) in [5.41, 5.74) is 5.99. The standard InChI is InChI=1S/C14H23N3O2S/c1-4-14(5-2,12(15)17-19)13(18)16-10(3)8-11-6-7-20-9-11/h6-7,9-10,19H,4-5,8H2,1-3H3,(H2,15,17)(H,16,18). The summed E-state index contributed by atoms with van der Waals surface area (Å²) in [5.74, 6) is -0.205. The third-order valence-electron chi connectivity index (χ3n) is 3.74. The molecule has 4 N–H and O–H groups in total. The molecule has 0 saturated heterocycles. The first-order valence-corrected chi connectivity index (χ1v) is 7.74. The first-order valence-electron chi connectivity index (χ1n) is 6.80. The average molecular weight is 297 g/mol. The number of amidine groups is 1. The van der Waals surface area contributed by atoms with E-state index in [1.54, 1.807) is 11.3 Å². The molecular formula is C14H23N3O2S. The molecule has 0 spiro atoms. The second-order valence-corrected chi connectivity index (χ2v) is 5.76. The highest BCUT2D eigenvalue weighted by atomic mass is 32.1. The summed E-state index contributed by atoms with van der Waals surface area (Å²) in [5, 5.41) is 19.0. The SMILES string of the molecule is CCC(CC)(C(=O)NC(C)Cc1ccsc1)C(N)=NO. The third kappa shape index (κ3) is 3.50. The molecule has 0 aromatic carbocycles. The van der Waals surface area contributed by atoms with Gasteiger partial charge in [0, 0.05) is 6.04 Å². The molecule has 1 amide bonds. The molecule has 1 aromatic heterocycles. The van der Waals surface area contributed by atoms with Gasteiger partial charge in [0.25, 0.3) is 0 Å². The molecule has 5 nitrogen and oxygen atoms in total. The van der Waals surface area contributed by atoms with E-state index < -0.39 is 5.41 Å². The molecule has 0 saturated carbocycles. The van der Waals surface area contributed by atoms with Crippen molar-refractivity contribution < 1.29 is 10.0 Å². The molecule has 0 aliphatic carbocycles. The van der Waals surface area contributed by atoms with E-state index in [-0.39, 0.29) is 17.8 Å². The minimum Gasteiger partial charge on any atom is -0.409 e. The third-order valence-corrected chi connectivity index (χ3v) is 4.47. The van der Waals surface area contributed by atoms with Crippen LogP contribution in [0.2, 0.25) is 0 Å². The van der Waals surface area contributed by atoms with Crippen LogP contribution in [0.25, 0.3) is 0 Å². The van der Waals surface area contributed by atoms with Crippen molar-refractivity contribution in [2.45, 2.75) is 46.1 Å². The summed E-state index contributed by atoms with van der Waals surface area (Å²) in [6, 6.07) is 2.05. The molecule has 0 radical (unpaired) electrons. The Morgan fingerprint density at radius 3 is 2.65 bits per heavy atom. The van der Waals surface area contributed by atoms with E-state index in [4.69, 9.17) is 10.9 Å². The van der Waals surface area contributed by atoms with Gasteiger partial charge in [-0.05, 0) is 48.6 Å². The van der Waals surface area contributed by atoms with Gasteiger partial charge in [0.05, 0.1) is 0 Å². The average Bonchev–Trinajstić information content (AvgIpc) is 2.92. The summed E-state index contributed by atoms with van der Waals surface area (Å²) in [6.45, 7) is 5.69. The van der Waals surface area contributed by atoms with Crippen molar-refractivity contribution in [1.29, 1.82) is 0 Å². The lowest BCUT2D eigenvalue weighted by Gasteiger charge is -2.30. The van der Waals surface area contributed by atoms with Crippen LogP contribution in [-0.4, -0.2) is 23.0 Å². The van der Waals surface area contributed by atoms with Crippen molar-refractivity contribution in [3.05, 3.63) is 22.4 Å². The van der Waals surface area contributed by atoms with Crippen molar-refractivity contribution in [3.8, 4) is 0 Å². The van der Waals surface area contributed by atoms with Crippen LogP contribution in [0, 0.1) is 5.41 Å². The largest absolute Gasteiger partial charge is 0.409 e. The van der Waals surface area contributed by atoms with E-state index in [0.717, 1.165) is 6.42 Å². The van der Waals surface area contributed by atoms with E-state index in [9.17, 15) is 4.79 Å². The number of amides is 1. The summed E-state index contributed by atoms with van der Waals surface area (Å²) in [7, 11) is 0. The fraction of sp³-hybridized carbons (Fsp3) is 0.571. The van der Waals surface area contributed by atoms with Crippen LogP contribution in [0.4, 0.5) is 0 Å². The molecule has 1 unspecified atom stereocenters. The van der Waals surface area contributed by atoms with Gasteiger partial charge in [-0.25, -0.2) is 0 Å². The second-order valence-electron chi connectivity index (χ2n) is 4.98. The minimum absolute atomic E-state index is 0.000989. The molecule has 1 atom stereocenters. The van der Waals surface area contributed by atoms with Crippen LogP contribution in [-0.2, 0) is 11.2 Å². The van der Waals surface area contributed by atoms with Crippen molar-refractivity contribution >= 4 is 23.1 Å². The topological polar surface area (TPSA) is 87.7 Å². The van der Waals surface area contributed by atoms with Crippen LogP contribution in [0.5, 0.6) is 0 Å². The Morgan fingerprint density at radius 2 is 2.20 bits per heavy atom. The number of nitrogens with two attached hydrogens (primary N) is 1. The quantitative estimate of drug-likeness (QED) is 0.312. The van der Waals surface area contributed by atoms with Crippen LogP contribution in [0.1, 0.15) is 39.2 Å². The van der Waals surface area contributed by atoms with Gasteiger partial charge >= 0.3 is 0 Å². The number of thiophene rings is 1. The Bertz CT molecular complexity index is 453. The predicted molar refractivity (Wildman–Crippen MR) is 82.1 cm³/mol. The fourth-order valence-electron chi connectivity index (χ4n) is 2.32. The van der Waals surface area contributed by atoms with E-state index in [0.29, 0.717) is 12.8 Å². The maximum atomic E-state index is 12.5. The van der Waals surface area contributed by atoms with E-state index in [1.165, 1.54) is 5.56 Å². The highest BCUT2D eigenvalue weighted by molar-refractivity contribution is 7.07. The summed E-state index contributed by atoms with van der Waals surface area (Å²) in [4.78, 5) is 12.5. The maximum absolute atomic E-state index is 12.5. The Morgan fingerprint density at radius 1 is 1.55 bits per heavy atom. The van der Waals surface area contributed by atoms with Gasteiger partial charge in [0.1, 0.15) is 5.41 Å². The predicted octanol–water partition coefficient (Wildman–Crippen LogP) is 2.35. The molecule has 0 aliphatic rings. The first-order chi connectivity index (χ1) is 9.50. The Labute approximate surface area is 123 Å². The maximum Gasteiger partial charge on any atom is 0.234 e. The molecule has 112 valence electrons. The summed E-state index contributed by atoms with van der Waals surface area (Å²) >= 11 is 1.64. The van der Waals surface area contributed by atoms with E-state index in [1.807, 2.05) is 32.2 Å². The highest BCUT2D eigenvalue weighted by Crippen LogP contribution is 2.27. The normalized spacial score (nSPS) is 14.1. The van der Waals surface area contributed by atoms with Gasteiger partial charge in [-0.15, -0.1) is 0 Å². The number of rotatable bonds is 7. The van der Waals surface area contributed by atoms with Gasteiger partial charge in [-0.2, -0.15) is 11.3 Å². The van der Waals surface area contributed by atoms with Crippen LogP contribution < -0.4 is 11.1 Å². The van der Waals surface area contributed by atoms with Crippen molar-refractivity contribution in [1.82, 2.24) is 5.32 Å². The lowest BCUT2D eigenvalue weighted by Crippen LogP contribution is -2.51. The van der Waals surface area contributed by atoms with Gasteiger partial charge < -0.3 is 16.3 Å². The molecule has 0 aliphatic heterocycles. The van der Waals surface area contributed by atoms with E-state index >= 15 is 0 Å². The molecule has 0 bridgehead atoms. The Balaban J connectivity index is 2.76.